The van der Waals surface area contributed by atoms with E-state index in [9.17, 15) is 4.21 Å². The molecule has 0 aliphatic heterocycles. The molecule has 0 aliphatic rings. The summed E-state index contributed by atoms with van der Waals surface area (Å²) in [6.07, 6.45) is 0. The van der Waals surface area contributed by atoms with Crippen LogP contribution in [0.4, 0.5) is 0 Å². The van der Waals surface area contributed by atoms with Gasteiger partial charge in [-0.25, -0.2) is 0 Å². The molecule has 0 unspecified atom stereocenters. The van der Waals surface area contributed by atoms with Gasteiger partial charge in [0.1, 0.15) is 0 Å². The standard InChI is InChI=1S/C9H13BO3S/c1-7(2)14(13)9-5-3-4-8(6-9)10(11)12/h3-7,11-12H,1-2H3/t14-/m0/s1. The summed E-state index contributed by atoms with van der Waals surface area (Å²) in [7, 11) is -2.58. The van der Waals surface area contributed by atoms with Crippen molar-refractivity contribution in [3.05, 3.63) is 24.3 Å². The molecule has 0 saturated heterocycles. The smallest absolute Gasteiger partial charge is 0.423 e. The highest BCUT2D eigenvalue weighted by molar-refractivity contribution is 7.85. The summed E-state index contributed by atoms with van der Waals surface area (Å²) in [6, 6.07) is 6.54. The molecule has 5 heteroatoms. The molecule has 0 fully saturated rings. The predicted molar refractivity (Wildman–Crippen MR) is 57.8 cm³/mol. The maximum Gasteiger partial charge on any atom is 0.488 e. The van der Waals surface area contributed by atoms with Crippen LogP contribution in [0.5, 0.6) is 0 Å². The predicted octanol–water partition coefficient (Wildman–Crippen LogP) is -0.118. The van der Waals surface area contributed by atoms with E-state index in [1.165, 1.54) is 0 Å². The Labute approximate surface area is 86.4 Å². The van der Waals surface area contributed by atoms with Crippen LogP contribution in [0, 0.1) is 0 Å². The van der Waals surface area contributed by atoms with Crippen molar-refractivity contribution in [2.75, 3.05) is 0 Å². The molecule has 0 spiro atoms. The van der Waals surface area contributed by atoms with Crippen molar-refractivity contribution in [3.8, 4) is 0 Å². The number of hydrogen-bond acceptors (Lipinski definition) is 3. The van der Waals surface area contributed by atoms with E-state index in [2.05, 4.69) is 0 Å². The molecule has 14 heavy (non-hydrogen) atoms. The summed E-state index contributed by atoms with van der Waals surface area (Å²) >= 11 is 0. The SMILES string of the molecule is CC(C)[S@](=O)c1cccc(B(O)O)c1. The van der Waals surface area contributed by atoms with Gasteiger partial charge in [0.15, 0.2) is 0 Å². The minimum Gasteiger partial charge on any atom is -0.423 e. The molecule has 3 nitrogen and oxygen atoms in total. The van der Waals surface area contributed by atoms with Gasteiger partial charge in [-0.3, -0.25) is 4.21 Å². The van der Waals surface area contributed by atoms with E-state index in [0.29, 0.717) is 10.4 Å². The van der Waals surface area contributed by atoms with E-state index < -0.39 is 17.9 Å². The fraction of sp³-hybridized carbons (Fsp3) is 0.333. The van der Waals surface area contributed by atoms with Crippen molar-refractivity contribution in [3.63, 3.8) is 0 Å². The van der Waals surface area contributed by atoms with E-state index in [4.69, 9.17) is 10.0 Å². The third-order valence-corrected chi connectivity index (χ3v) is 3.39. The van der Waals surface area contributed by atoms with Crippen LogP contribution < -0.4 is 5.46 Å². The van der Waals surface area contributed by atoms with E-state index in [1.54, 1.807) is 24.3 Å². The highest BCUT2D eigenvalue weighted by Crippen LogP contribution is 2.09. The van der Waals surface area contributed by atoms with Gasteiger partial charge in [-0.2, -0.15) is 0 Å². The maximum absolute atomic E-state index is 11.7. The summed E-state index contributed by atoms with van der Waals surface area (Å²) in [5, 5.41) is 17.9. The summed E-state index contributed by atoms with van der Waals surface area (Å²) in [5.41, 5.74) is 0.372. The van der Waals surface area contributed by atoms with Crippen LogP contribution in [0.3, 0.4) is 0 Å². The quantitative estimate of drug-likeness (QED) is 0.687. The molecule has 0 heterocycles. The molecule has 1 rings (SSSR count). The Morgan fingerprint density at radius 2 is 2.00 bits per heavy atom. The zero-order valence-corrected chi connectivity index (χ0v) is 8.99. The van der Waals surface area contributed by atoms with Crippen LogP contribution >= 0.6 is 0 Å². The summed E-state index contributed by atoms with van der Waals surface area (Å²) in [5.74, 6) is 0. The highest BCUT2D eigenvalue weighted by atomic mass is 32.2. The fourth-order valence-corrected chi connectivity index (χ4v) is 2.08. The van der Waals surface area contributed by atoms with Crippen LogP contribution in [-0.4, -0.2) is 26.6 Å². The van der Waals surface area contributed by atoms with Crippen LogP contribution in [0.1, 0.15) is 13.8 Å². The average molecular weight is 212 g/mol. The minimum atomic E-state index is -1.50. The lowest BCUT2D eigenvalue weighted by molar-refractivity contribution is 0.425. The average Bonchev–Trinajstić information content (AvgIpc) is 2.16. The topological polar surface area (TPSA) is 57.5 Å². The molecule has 0 amide bonds. The number of benzene rings is 1. The van der Waals surface area contributed by atoms with Gasteiger partial charge in [0.2, 0.25) is 0 Å². The van der Waals surface area contributed by atoms with Gasteiger partial charge in [-0.15, -0.1) is 0 Å². The zero-order chi connectivity index (χ0) is 10.7. The Hall–Kier alpha value is -0.645. The Kier molecular flexibility index (Phi) is 3.86. The van der Waals surface area contributed by atoms with Crippen molar-refractivity contribution in [1.29, 1.82) is 0 Å². The molecule has 0 bridgehead atoms. The van der Waals surface area contributed by atoms with Crippen molar-refractivity contribution < 1.29 is 14.3 Å². The molecule has 0 aliphatic carbocycles. The van der Waals surface area contributed by atoms with Crippen molar-refractivity contribution in [2.24, 2.45) is 0 Å². The van der Waals surface area contributed by atoms with E-state index in [0.717, 1.165) is 0 Å². The number of hydrogen-bond donors (Lipinski definition) is 2. The fourth-order valence-electron chi connectivity index (χ4n) is 1.07. The molecular formula is C9H13BO3S. The lowest BCUT2D eigenvalue weighted by atomic mass is 9.80. The normalized spacial score (nSPS) is 12.9. The Morgan fingerprint density at radius 1 is 1.36 bits per heavy atom. The Morgan fingerprint density at radius 3 is 2.50 bits per heavy atom. The van der Waals surface area contributed by atoms with Crippen LogP contribution in [-0.2, 0) is 10.8 Å². The van der Waals surface area contributed by atoms with Crippen molar-refractivity contribution >= 4 is 23.4 Å². The van der Waals surface area contributed by atoms with Gasteiger partial charge in [-0.05, 0) is 17.6 Å². The first-order chi connectivity index (χ1) is 6.52. The first-order valence-electron chi connectivity index (χ1n) is 4.39. The molecule has 0 saturated carbocycles. The maximum atomic E-state index is 11.7. The monoisotopic (exact) mass is 212 g/mol. The Bertz CT molecular complexity index is 339. The van der Waals surface area contributed by atoms with E-state index in [1.807, 2.05) is 13.8 Å². The third-order valence-electron chi connectivity index (χ3n) is 1.82. The third kappa shape index (κ3) is 2.67. The zero-order valence-electron chi connectivity index (χ0n) is 8.18. The van der Waals surface area contributed by atoms with Crippen LogP contribution in [0.2, 0.25) is 0 Å². The minimum absolute atomic E-state index is 0.0288. The molecule has 0 radical (unpaired) electrons. The van der Waals surface area contributed by atoms with Gasteiger partial charge in [0, 0.05) is 10.1 Å². The van der Waals surface area contributed by atoms with Gasteiger partial charge in [0.25, 0.3) is 0 Å². The van der Waals surface area contributed by atoms with E-state index >= 15 is 0 Å². The number of rotatable bonds is 3. The second-order valence-electron chi connectivity index (χ2n) is 3.29. The molecule has 76 valence electrons. The Balaban J connectivity index is 3.00. The van der Waals surface area contributed by atoms with Crippen molar-refractivity contribution in [2.45, 2.75) is 24.0 Å². The van der Waals surface area contributed by atoms with Crippen LogP contribution in [0.25, 0.3) is 0 Å². The lowest BCUT2D eigenvalue weighted by Gasteiger charge is -2.07. The summed E-state index contributed by atoms with van der Waals surface area (Å²) < 4.78 is 11.7. The van der Waals surface area contributed by atoms with Gasteiger partial charge in [-0.1, -0.05) is 26.0 Å². The molecule has 1 aromatic rings. The molecule has 0 aromatic heterocycles. The van der Waals surface area contributed by atoms with Gasteiger partial charge in [0.05, 0.1) is 10.8 Å². The van der Waals surface area contributed by atoms with Gasteiger partial charge < -0.3 is 10.0 Å². The lowest BCUT2D eigenvalue weighted by Crippen LogP contribution is -2.30. The first kappa shape index (κ1) is 11.4. The highest BCUT2D eigenvalue weighted by Gasteiger charge is 2.14. The molecule has 1 aromatic carbocycles. The van der Waals surface area contributed by atoms with Gasteiger partial charge >= 0.3 is 7.12 Å². The second kappa shape index (κ2) is 4.73. The summed E-state index contributed by atoms with van der Waals surface area (Å²) in [6.45, 7) is 3.72. The first-order valence-corrected chi connectivity index (χ1v) is 5.60. The molecule has 2 N–H and O–H groups in total. The molecule has 1 atom stereocenters. The molecular weight excluding hydrogens is 199 g/mol. The second-order valence-corrected chi connectivity index (χ2v) is 5.30. The van der Waals surface area contributed by atoms with E-state index in [-0.39, 0.29) is 5.25 Å². The van der Waals surface area contributed by atoms with Crippen molar-refractivity contribution in [1.82, 2.24) is 0 Å². The summed E-state index contributed by atoms with van der Waals surface area (Å²) in [4.78, 5) is 0.630. The van der Waals surface area contributed by atoms with Crippen LogP contribution in [0.15, 0.2) is 29.2 Å². The largest absolute Gasteiger partial charge is 0.488 e.